The standard InChI is InChI=1S/C13H10Br2N2O/c14-9-1-5-11(6-2-9)17(13(16)18)12-7-3-10(15)4-8-12/h1-8H,(H2,16,18). The minimum Gasteiger partial charge on any atom is -0.351 e. The molecule has 0 aliphatic rings. The molecule has 0 fully saturated rings. The Hall–Kier alpha value is -1.33. The summed E-state index contributed by atoms with van der Waals surface area (Å²) in [5.41, 5.74) is 6.90. The molecule has 0 radical (unpaired) electrons. The molecule has 92 valence electrons. The van der Waals surface area contributed by atoms with Crippen LogP contribution in [0.2, 0.25) is 0 Å². The Balaban J connectivity index is 2.43. The Morgan fingerprint density at radius 2 is 1.17 bits per heavy atom. The Morgan fingerprint density at radius 1 is 0.833 bits per heavy atom. The van der Waals surface area contributed by atoms with Gasteiger partial charge in [-0.3, -0.25) is 4.90 Å². The molecule has 2 N–H and O–H groups in total. The zero-order valence-electron chi connectivity index (χ0n) is 9.31. The third kappa shape index (κ3) is 2.91. The summed E-state index contributed by atoms with van der Waals surface area (Å²) in [5, 5.41) is 0. The van der Waals surface area contributed by atoms with Crippen molar-refractivity contribution in [3.05, 3.63) is 57.5 Å². The van der Waals surface area contributed by atoms with Crippen molar-refractivity contribution in [3.63, 3.8) is 0 Å². The topological polar surface area (TPSA) is 46.3 Å². The lowest BCUT2D eigenvalue weighted by Crippen LogP contribution is -2.31. The zero-order valence-corrected chi connectivity index (χ0v) is 12.5. The van der Waals surface area contributed by atoms with E-state index in [0.29, 0.717) is 0 Å². The van der Waals surface area contributed by atoms with Gasteiger partial charge in [-0.25, -0.2) is 4.79 Å². The van der Waals surface area contributed by atoms with Gasteiger partial charge in [-0.2, -0.15) is 0 Å². The largest absolute Gasteiger partial charge is 0.351 e. The van der Waals surface area contributed by atoms with Crippen LogP contribution in [0, 0.1) is 0 Å². The molecule has 0 aromatic heterocycles. The van der Waals surface area contributed by atoms with E-state index in [1.165, 1.54) is 4.90 Å². The van der Waals surface area contributed by atoms with Gasteiger partial charge in [0.1, 0.15) is 0 Å². The molecular weight excluding hydrogens is 360 g/mol. The highest BCUT2D eigenvalue weighted by molar-refractivity contribution is 9.10. The van der Waals surface area contributed by atoms with Crippen molar-refractivity contribution in [2.24, 2.45) is 5.73 Å². The SMILES string of the molecule is NC(=O)N(c1ccc(Br)cc1)c1ccc(Br)cc1. The molecule has 0 heterocycles. The van der Waals surface area contributed by atoms with E-state index < -0.39 is 6.03 Å². The van der Waals surface area contributed by atoms with Crippen molar-refractivity contribution in [1.29, 1.82) is 0 Å². The van der Waals surface area contributed by atoms with E-state index in [1.807, 2.05) is 48.5 Å². The van der Waals surface area contributed by atoms with Crippen molar-refractivity contribution >= 4 is 49.3 Å². The minimum absolute atomic E-state index is 0.514. The molecule has 2 amide bonds. The minimum atomic E-state index is -0.514. The Labute approximate surface area is 122 Å². The fraction of sp³-hybridized carbons (Fsp3) is 0. The predicted octanol–water partition coefficient (Wildman–Crippen LogP) is 4.43. The Morgan fingerprint density at radius 3 is 1.44 bits per heavy atom. The van der Waals surface area contributed by atoms with Crippen LogP contribution in [0.1, 0.15) is 0 Å². The highest BCUT2D eigenvalue weighted by Crippen LogP contribution is 2.27. The van der Waals surface area contributed by atoms with E-state index in [2.05, 4.69) is 31.9 Å². The number of nitrogens with two attached hydrogens (primary N) is 1. The predicted molar refractivity (Wildman–Crippen MR) is 80.0 cm³/mol. The number of nitrogens with zero attached hydrogens (tertiary/aromatic N) is 1. The molecule has 0 saturated heterocycles. The molecule has 0 atom stereocenters. The highest BCUT2D eigenvalue weighted by atomic mass is 79.9. The first-order valence-electron chi connectivity index (χ1n) is 5.18. The molecule has 5 heteroatoms. The fourth-order valence-corrected chi connectivity index (χ4v) is 2.11. The second kappa shape index (κ2) is 5.54. The van der Waals surface area contributed by atoms with Gasteiger partial charge in [0.15, 0.2) is 0 Å². The number of urea groups is 1. The first kappa shape index (κ1) is 13.1. The number of halogens is 2. The summed E-state index contributed by atoms with van der Waals surface area (Å²) in [6.07, 6.45) is 0. The number of carbonyl (C=O) groups is 1. The van der Waals surface area contributed by atoms with Crippen LogP contribution in [0.5, 0.6) is 0 Å². The number of anilines is 2. The molecule has 18 heavy (non-hydrogen) atoms. The second-order valence-electron chi connectivity index (χ2n) is 3.63. The second-order valence-corrected chi connectivity index (χ2v) is 5.46. The molecule has 0 bridgehead atoms. The van der Waals surface area contributed by atoms with Crippen molar-refractivity contribution in [3.8, 4) is 0 Å². The van der Waals surface area contributed by atoms with Crippen molar-refractivity contribution in [2.75, 3.05) is 4.90 Å². The summed E-state index contributed by atoms with van der Waals surface area (Å²) < 4.78 is 1.90. The van der Waals surface area contributed by atoms with Crippen LogP contribution in [0.3, 0.4) is 0 Å². The van der Waals surface area contributed by atoms with Gasteiger partial charge in [0.2, 0.25) is 0 Å². The first-order valence-corrected chi connectivity index (χ1v) is 6.77. The van der Waals surface area contributed by atoms with Gasteiger partial charge < -0.3 is 5.73 Å². The van der Waals surface area contributed by atoms with Crippen LogP contribution in [0.4, 0.5) is 16.2 Å². The zero-order chi connectivity index (χ0) is 13.1. The first-order chi connectivity index (χ1) is 8.58. The van der Waals surface area contributed by atoms with Gasteiger partial charge in [-0.1, -0.05) is 31.9 Å². The van der Waals surface area contributed by atoms with Gasteiger partial charge in [-0.05, 0) is 48.5 Å². The monoisotopic (exact) mass is 368 g/mol. The molecule has 0 aliphatic carbocycles. The van der Waals surface area contributed by atoms with Crippen molar-refractivity contribution in [1.82, 2.24) is 0 Å². The number of amides is 2. The molecule has 2 aromatic rings. The van der Waals surface area contributed by atoms with E-state index in [1.54, 1.807) is 0 Å². The number of benzene rings is 2. The fourth-order valence-electron chi connectivity index (χ4n) is 1.58. The molecule has 0 unspecified atom stereocenters. The summed E-state index contributed by atoms with van der Waals surface area (Å²) in [5.74, 6) is 0. The van der Waals surface area contributed by atoms with Crippen LogP contribution < -0.4 is 10.6 Å². The van der Waals surface area contributed by atoms with Gasteiger partial charge in [0, 0.05) is 8.95 Å². The lowest BCUT2D eigenvalue weighted by atomic mass is 10.2. The van der Waals surface area contributed by atoms with E-state index in [0.717, 1.165) is 20.3 Å². The van der Waals surface area contributed by atoms with E-state index in [9.17, 15) is 4.79 Å². The smallest absolute Gasteiger partial charge is 0.323 e. The maximum absolute atomic E-state index is 11.6. The van der Waals surface area contributed by atoms with Crippen molar-refractivity contribution < 1.29 is 4.79 Å². The molecule has 0 saturated carbocycles. The summed E-state index contributed by atoms with van der Waals surface area (Å²) in [7, 11) is 0. The number of hydrogen-bond donors (Lipinski definition) is 1. The van der Waals surface area contributed by atoms with E-state index in [-0.39, 0.29) is 0 Å². The van der Waals surface area contributed by atoms with Crippen LogP contribution in [-0.2, 0) is 0 Å². The molecule has 0 spiro atoms. The van der Waals surface area contributed by atoms with Crippen LogP contribution in [0.25, 0.3) is 0 Å². The van der Waals surface area contributed by atoms with Gasteiger partial charge in [0.25, 0.3) is 0 Å². The lowest BCUT2D eigenvalue weighted by Gasteiger charge is -2.20. The third-order valence-corrected chi connectivity index (χ3v) is 3.45. The molecular formula is C13H10Br2N2O. The maximum Gasteiger partial charge on any atom is 0.323 e. The van der Waals surface area contributed by atoms with Gasteiger partial charge >= 0.3 is 6.03 Å². The summed E-state index contributed by atoms with van der Waals surface area (Å²) >= 11 is 6.71. The number of hydrogen-bond acceptors (Lipinski definition) is 1. The average molecular weight is 370 g/mol. The Kier molecular flexibility index (Phi) is 4.04. The summed E-state index contributed by atoms with van der Waals surface area (Å²) in [4.78, 5) is 13.1. The number of primary amides is 1. The molecule has 2 rings (SSSR count). The van der Waals surface area contributed by atoms with Gasteiger partial charge in [0.05, 0.1) is 11.4 Å². The lowest BCUT2D eigenvalue weighted by molar-refractivity contribution is 0.256. The molecule has 0 aliphatic heterocycles. The maximum atomic E-state index is 11.6. The van der Waals surface area contributed by atoms with Crippen LogP contribution in [0.15, 0.2) is 57.5 Å². The van der Waals surface area contributed by atoms with Crippen molar-refractivity contribution in [2.45, 2.75) is 0 Å². The molecule has 3 nitrogen and oxygen atoms in total. The van der Waals surface area contributed by atoms with Gasteiger partial charge in [-0.15, -0.1) is 0 Å². The normalized spacial score (nSPS) is 10.1. The van der Waals surface area contributed by atoms with E-state index in [4.69, 9.17) is 5.73 Å². The van der Waals surface area contributed by atoms with E-state index >= 15 is 0 Å². The highest BCUT2D eigenvalue weighted by Gasteiger charge is 2.14. The quantitative estimate of drug-likeness (QED) is 0.836. The van der Waals surface area contributed by atoms with Crippen LogP contribution in [-0.4, -0.2) is 6.03 Å². The Bertz CT molecular complexity index is 507. The molecule has 2 aromatic carbocycles. The third-order valence-electron chi connectivity index (χ3n) is 2.39. The average Bonchev–Trinajstić information content (AvgIpc) is 2.34. The number of rotatable bonds is 2. The summed E-state index contributed by atoms with van der Waals surface area (Å²) in [6, 6.07) is 14.3. The van der Waals surface area contributed by atoms with Crippen LogP contribution >= 0.6 is 31.9 Å². The number of carbonyl (C=O) groups excluding carboxylic acids is 1. The summed E-state index contributed by atoms with van der Waals surface area (Å²) in [6.45, 7) is 0.